The van der Waals surface area contributed by atoms with Crippen LogP contribution >= 0.6 is 0 Å². The summed E-state index contributed by atoms with van der Waals surface area (Å²) in [4.78, 5) is 2.50. The minimum Gasteiger partial charge on any atom is -0.326 e. The van der Waals surface area contributed by atoms with Crippen molar-refractivity contribution in [1.82, 2.24) is 4.90 Å². The molecule has 78 valence electrons. The molecule has 1 saturated carbocycles. The summed E-state index contributed by atoms with van der Waals surface area (Å²) in [6.45, 7) is 9.00. The monoisotopic (exact) mass is 184 g/mol. The highest BCUT2D eigenvalue weighted by Gasteiger charge is 2.29. The first kappa shape index (κ1) is 11.0. The summed E-state index contributed by atoms with van der Waals surface area (Å²) in [6.07, 6.45) is 3.95. The Labute approximate surface area is 82.5 Å². The second-order valence-corrected chi connectivity index (χ2v) is 4.35. The zero-order valence-corrected chi connectivity index (χ0v) is 9.29. The zero-order chi connectivity index (χ0) is 9.84. The van der Waals surface area contributed by atoms with Gasteiger partial charge in [0.25, 0.3) is 0 Å². The standard InChI is InChI=1S/C11H24N2/c1-4-9(3)13(5-2)8-11(12)10-6-7-10/h9-11H,4-8,12H2,1-3H3. The summed E-state index contributed by atoms with van der Waals surface area (Å²) in [7, 11) is 0. The number of hydrogen-bond donors (Lipinski definition) is 1. The fourth-order valence-corrected chi connectivity index (χ4v) is 1.82. The van der Waals surface area contributed by atoms with E-state index in [4.69, 9.17) is 5.73 Å². The molecule has 2 nitrogen and oxygen atoms in total. The highest BCUT2D eigenvalue weighted by atomic mass is 15.2. The quantitative estimate of drug-likeness (QED) is 0.682. The van der Waals surface area contributed by atoms with Gasteiger partial charge in [-0.05, 0) is 38.6 Å². The topological polar surface area (TPSA) is 29.3 Å². The van der Waals surface area contributed by atoms with E-state index >= 15 is 0 Å². The molecule has 0 aromatic rings. The average Bonchev–Trinajstić information content (AvgIpc) is 2.95. The van der Waals surface area contributed by atoms with Gasteiger partial charge in [0.1, 0.15) is 0 Å². The van der Waals surface area contributed by atoms with Crippen LogP contribution in [0.4, 0.5) is 0 Å². The lowest BCUT2D eigenvalue weighted by molar-refractivity contribution is 0.196. The number of likely N-dealkylation sites (N-methyl/N-ethyl adjacent to an activating group) is 1. The third-order valence-corrected chi connectivity index (χ3v) is 3.29. The van der Waals surface area contributed by atoms with Crippen LogP contribution in [0.3, 0.4) is 0 Å². The molecule has 0 aliphatic heterocycles. The fraction of sp³-hybridized carbons (Fsp3) is 1.00. The normalized spacial score (nSPS) is 21.9. The molecular weight excluding hydrogens is 160 g/mol. The van der Waals surface area contributed by atoms with Crippen molar-refractivity contribution >= 4 is 0 Å². The van der Waals surface area contributed by atoms with E-state index in [1.54, 1.807) is 0 Å². The van der Waals surface area contributed by atoms with Crippen LogP contribution in [0.2, 0.25) is 0 Å². The predicted octanol–water partition coefficient (Wildman–Crippen LogP) is 1.84. The minimum absolute atomic E-state index is 0.425. The zero-order valence-electron chi connectivity index (χ0n) is 9.29. The van der Waals surface area contributed by atoms with Crippen LogP contribution < -0.4 is 5.73 Å². The SMILES string of the molecule is CCC(C)N(CC)CC(N)C1CC1. The second kappa shape index (κ2) is 4.97. The molecule has 2 atom stereocenters. The van der Waals surface area contributed by atoms with Crippen LogP contribution in [0.5, 0.6) is 0 Å². The van der Waals surface area contributed by atoms with Crippen LogP contribution in [-0.4, -0.2) is 30.1 Å². The van der Waals surface area contributed by atoms with Gasteiger partial charge in [0.15, 0.2) is 0 Å². The van der Waals surface area contributed by atoms with E-state index in [-0.39, 0.29) is 0 Å². The molecule has 1 aliphatic carbocycles. The molecule has 13 heavy (non-hydrogen) atoms. The van der Waals surface area contributed by atoms with Gasteiger partial charge >= 0.3 is 0 Å². The number of hydrogen-bond acceptors (Lipinski definition) is 2. The Morgan fingerprint density at radius 2 is 2.00 bits per heavy atom. The molecular formula is C11H24N2. The first-order valence-corrected chi connectivity index (χ1v) is 5.68. The minimum atomic E-state index is 0.425. The number of nitrogens with zero attached hydrogens (tertiary/aromatic N) is 1. The van der Waals surface area contributed by atoms with E-state index in [9.17, 15) is 0 Å². The van der Waals surface area contributed by atoms with Crippen molar-refractivity contribution in [3.8, 4) is 0 Å². The lowest BCUT2D eigenvalue weighted by atomic mass is 10.1. The Balaban J connectivity index is 2.28. The van der Waals surface area contributed by atoms with Gasteiger partial charge in [0.2, 0.25) is 0 Å². The predicted molar refractivity (Wildman–Crippen MR) is 57.7 cm³/mol. The highest BCUT2D eigenvalue weighted by molar-refractivity contribution is 4.86. The molecule has 2 heteroatoms. The maximum absolute atomic E-state index is 6.11. The van der Waals surface area contributed by atoms with Gasteiger partial charge in [-0.1, -0.05) is 13.8 Å². The van der Waals surface area contributed by atoms with Gasteiger partial charge in [-0.2, -0.15) is 0 Å². The molecule has 0 spiro atoms. The Morgan fingerprint density at radius 3 is 2.38 bits per heavy atom. The van der Waals surface area contributed by atoms with Crippen molar-refractivity contribution in [2.75, 3.05) is 13.1 Å². The lowest BCUT2D eigenvalue weighted by Gasteiger charge is -2.29. The van der Waals surface area contributed by atoms with Gasteiger partial charge in [-0.15, -0.1) is 0 Å². The van der Waals surface area contributed by atoms with Crippen LogP contribution in [0, 0.1) is 5.92 Å². The van der Waals surface area contributed by atoms with Crippen molar-refractivity contribution in [2.24, 2.45) is 11.7 Å². The lowest BCUT2D eigenvalue weighted by Crippen LogP contribution is -2.43. The molecule has 2 unspecified atom stereocenters. The molecule has 0 bridgehead atoms. The van der Waals surface area contributed by atoms with E-state index in [2.05, 4.69) is 25.7 Å². The number of rotatable bonds is 6. The third-order valence-electron chi connectivity index (χ3n) is 3.29. The van der Waals surface area contributed by atoms with E-state index in [1.807, 2.05) is 0 Å². The molecule has 0 saturated heterocycles. The molecule has 0 aromatic heterocycles. The largest absolute Gasteiger partial charge is 0.326 e. The molecule has 1 aliphatic rings. The maximum atomic E-state index is 6.11. The van der Waals surface area contributed by atoms with Gasteiger partial charge in [-0.25, -0.2) is 0 Å². The van der Waals surface area contributed by atoms with Gasteiger partial charge in [0.05, 0.1) is 0 Å². The molecule has 0 amide bonds. The Hall–Kier alpha value is -0.0800. The molecule has 2 N–H and O–H groups in total. The third kappa shape index (κ3) is 3.28. The van der Waals surface area contributed by atoms with Crippen LogP contribution in [-0.2, 0) is 0 Å². The summed E-state index contributed by atoms with van der Waals surface area (Å²) in [5.41, 5.74) is 6.11. The molecule has 1 fully saturated rings. The first-order chi connectivity index (χ1) is 6.19. The molecule has 0 aromatic carbocycles. The van der Waals surface area contributed by atoms with Crippen molar-refractivity contribution in [3.63, 3.8) is 0 Å². The highest BCUT2D eigenvalue weighted by Crippen LogP contribution is 2.32. The van der Waals surface area contributed by atoms with Crippen molar-refractivity contribution < 1.29 is 0 Å². The van der Waals surface area contributed by atoms with Crippen molar-refractivity contribution in [2.45, 2.75) is 52.1 Å². The van der Waals surface area contributed by atoms with Crippen LogP contribution in [0.25, 0.3) is 0 Å². The van der Waals surface area contributed by atoms with Crippen LogP contribution in [0.15, 0.2) is 0 Å². The number of nitrogens with two attached hydrogens (primary N) is 1. The summed E-state index contributed by atoms with van der Waals surface area (Å²) in [5.74, 6) is 0.832. The molecule has 1 rings (SSSR count). The Bertz CT molecular complexity index is 143. The smallest absolute Gasteiger partial charge is 0.0196 e. The maximum Gasteiger partial charge on any atom is 0.0196 e. The summed E-state index contributed by atoms with van der Waals surface area (Å²) in [6, 6.07) is 1.11. The van der Waals surface area contributed by atoms with Gasteiger partial charge < -0.3 is 5.73 Å². The Morgan fingerprint density at radius 1 is 1.38 bits per heavy atom. The fourth-order valence-electron chi connectivity index (χ4n) is 1.82. The van der Waals surface area contributed by atoms with Crippen molar-refractivity contribution in [1.29, 1.82) is 0 Å². The van der Waals surface area contributed by atoms with E-state index < -0.39 is 0 Å². The van der Waals surface area contributed by atoms with E-state index in [0.29, 0.717) is 12.1 Å². The molecule has 0 radical (unpaired) electrons. The van der Waals surface area contributed by atoms with Gasteiger partial charge in [-0.3, -0.25) is 4.90 Å². The molecule has 0 heterocycles. The van der Waals surface area contributed by atoms with Crippen LogP contribution in [0.1, 0.15) is 40.0 Å². The van der Waals surface area contributed by atoms with E-state index in [1.165, 1.54) is 19.3 Å². The average molecular weight is 184 g/mol. The van der Waals surface area contributed by atoms with Crippen molar-refractivity contribution in [3.05, 3.63) is 0 Å². The summed E-state index contributed by atoms with van der Waals surface area (Å²) < 4.78 is 0. The second-order valence-electron chi connectivity index (χ2n) is 4.35. The first-order valence-electron chi connectivity index (χ1n) is 5.68. The van der Waals surface area contributed by atoms with E-state index in [0.717, 1.165) is 19.0 Å². The Kier molecular flexibility index (Phi) is 4.20. The summed E-state index contributed by atoms with van der Waals surface area (Å²) in [5, 5.41) is 0. The van der Waals surface area contributed by atoms with Gasteiger partial charge in [0, 0.05) is 18.6 Å². The summed E-state index contributed by atoms with van der Waals surface area (Å²) >= 11 is 0.